The fraction of sp³-hybridized carbons (Fsp3) is 0.714. The largest absolute Gasteiger partial charge is 0.303 e. The highest BCUT2D eigenvalue weighted by Gasteiger charge is 2.43. The summed E-state index contributed by atoms with van der Waals surface area (Å²) in [4.78, 5) is 23.6. The number of rotatable bonds is 5. The highest BCUT2D eigenvalue weighted by Crippen LogP contribution is 2.45. The Bertz CT molecular complexity index is 549. The molecule has 0 saturated carbocycles. The van der Waals surface area contributed by atoms with Gasteiger partial charge in [-0.3, -0.25) is 12.5 Å². The van der Waals surface area contributed by atoms with Gasteiger partial charge in [0.05, 0.1) is 45.7 Å². The molecule has 4 nitrogen and oxygen atoms in total. The molecule has 1 aromatic rings. The molecule has 0 heterocycles. The fourth-order valence-corrected chi connectivity index (χ4v) is 3.51. The maximum absolute atomic E-state index is 11.9. The van der Waals surface area contributed by atoms with Crippen LogP contribution < -0.4 is 16.9 Å². The third-order valence-electron chi connectivity index (χ3n) is 4.30. The molecule has 122 valence electrons. The molecule has 0 aliphatic carbocycles. The maximum Gasteiger partial charge on any atom is 0.254 e. The molecule has 1 aromatic carbocycles. The lowest BCUT2D eigenvalue weighted by atomic mass is 9.72. The van der Waals surface area contributed by atoms with E-state index in [1.54, 1.807) is 2.88 Å². The first-order valence-electron chi connectivity index (χ1n) is 6.99. The first-order chi connectivity index (χ1) is 9.49. The van der Waals surface area contributed by atoms with Crippen LogP contribution in [0.15, 0.2) is 9.59 Å². The number of hydrogen-bond acceptors (Lipinski definition) is 4. The highest BCUT2D eigenvalue weighted by atomic mass is 127. The quantitative estimate of drug-likeness (QED) is 0.238. The van der Waals surface area contributed by atoms with E-state index >= 15 is 0 Å². The van der Waals surface area contributed by atoms with E-state index in [1.807, 2.05) is 39.8 Å². The highest BCUT2D eigenvalue weighted by molar-refractivity contribution is 14.1. The van der Waals surface area contributed by atoms with Crippen molar-refractivity contribution in [3.8, 4) is 0 Å². The van der Waals surface area contributed by atoms with Crippen molar-refractivity contribution >= 4 is 66.5 Å². The molecule has 0 fully saturated rings. The molecular formula is C14H25I2N2O2P. The molecule has 0 aliphatic heterocycles. The van der Waals surface area contributed by atoms with Crippen LogP contribution >= 0.6 is 55.1 Å². The molecule has 1 rings (SSSR count). The molecule has 0 amide bonds. The van der Waals surface area contributed by atoms with Crippen molar-refractivity contribution in [2.24, 2.45) is 5.41 Å². The summed E-state index contributed by atoms with van der Waals surface area (Å²) in [7, 11) is 2.42. The summed E-state index contributed by atoms with van der Waals surface area (Å²) in [6.45, 7) is 14.7. The average Bonchev–Trinajstić information content (AvgIpc) is 2.44. The number of nitrogens with zero attached hydrogens (tertiary/aromatic N) is 2. The monoisotopic (exact) mass is 538 g/mol. The van der Waals surface area contributed by atoms with Crippen molar-refractivity contribution in [2.75, 3.05) is 6.00 Å². The molecule has 0 spiro atoms. The van der Waals surface area contributed by atoms with Crippen LogP contribution in [0.1, 0.15) is 54.9 Å². The zero-order valence-electron chi connectivity index (χ0n) is 13.8. The smallest absolute Gasteiger partial charge is 0.254 e. The van der Waals surface area contributed by atoms with Crippen LogP contribution in [0.5, 0.6) is 0 Å². The fourth-order valence-electron chi connectivity index (χ4n) is 1.73. The van der Waals surface area contributed by atoms with Gasteiger partial charge in [-0.1, -0.05) is 34.6 Å². The van der Waals surface area contributed by atoms with Gasteiger partial charge in [-0.05, 0) is 35.1 Å². The van der Waals surface area contributed by atoms with E-state index < -0.39 is 10.9 Å². The summed E-state index contributed by atoms with van der Waals surface area (Å²) in [6.07, 6.45) is 0.985. The van der Waals surface area contributed by atoms with Gasteiger partial charge in [0.1, 0.15) is 11.4 Å². The lowest BCUT2D eigenvalue weighted by Gasteiger charge is -2.47. The van der Waals surface area contributed by atoms with Crippen LogP contribution in [0.4, 0.5) is 11.4 Å². The second-order valence-electron chi connectivity index (χ2n) is 5.74. The van der Waals surface area contributed by atoms with E-state index in [9.17, 15) is 9.59 Å². The van der Waals surface area contributed by atoms with Crippen LogP contribution in [0.2, 0.25) is 0 Å². The molecule has 0 saturated heterocycles. The average molecular weight is 538 g/mol. The SMILES string of the molecule is CC.CCC(C)(C)C(C)(C)N(I)c1c(N(P)I)c(=O)c1=O. The van der Waals surface area contributed by atoms with Gasteiger partial charge in [0.2, 0.25) is 0 Å². The molecule has 0 bridgehead atoms. The van der Waals surface area contributed by atoms with Crippen LogP contribution in [0, 0.1) is 5.41 Å². The molecule has 0 aromatic heterocycles. The van der Waals surface area contributed by atoms with E-state index in [0.29, 0.717) is 11.4 Å². The molecule has 0 N–H and O–H groups in total. The number of hydrogen-bond donors (Lipinski definition) is 0. The number of halogens is 2. The van der Waals surface area contributed by atoms with Crippen molar-refractivity contribution < 1.29 is 0 Å². The minimum Gasteiger partial charge on any atom is -0.303 e. The van der Waals surface area contributed by atoms with Gasteiger partial charge in [-0.2, -0.15) is 0 Å². The summed E-state index contributed by atoms with van der Waals surface area (Å²) in [6, 6.07) is 0. The lowest BCUT2D eigenvalue weighted by molar-refractivity contribution is 0.204. The van der Waals surface area contributed by atoms with Gasteiger partial charge < -0.3 is 3.11 Å². The minimum atomic E-state index is -0.411. The Kier molecular flexibility index (Phi) is 8.12. The van der Waals surface area contributed by atoms with Gasteiger partial charge in [0, 0.05) is 5.54 Å². The van der Waals surface area contributed by atoms with E-state index in [0.717, 1.165) is 6.42 Å². The van der Waals surface area contributed by atoms with Crippen molar-refractivity contribution in [3.05, 3.63) is 20.4 Å². The predicted molar refractivity (Wildman–Crippen MR) is 114 cm³/mol. The molecule has 0 radical (unpaired) electrons. The first kappa shape index (κ1) is 21.6. The zero-order chi connectivity index (χ0) is 17.2. The Morgan fingerprint density at radius 1 is 1.00 bits per heavy atom. The molecule has 0 aliphatic rings. The predicted octanol–water partition coefficient (Wildman–Crippen LogP) is 4.63. The summed E-state index contributed by atoms with van der Waals surface area (Å²) in [5, 5.41) is 0. The number of anilines is 2. The minimum absolute atomic E-state index is 0.0161. The molecule has 7 heteroatoms. The molecular weight excluding hydrogens is 513 g/mol. The van der Waals surface area contributed by atoms with Gasteiger partial charge in [-0.25, -0.2) is 0 Å². The molecule has 1 atom stereocenters. The third kappa shape index (κ3) is 3.91. The maximum atomic E-state index is 11.9. The normalized spacial score (nSPS) is 11.9. The van der Waals surface area contributed by atoms with Crippen LogP contribution in [-0.4, -0.2) is 5.54 Å². The van der Waals surface area contributed by atoms with Crippen LogP contribution in [-0.2, 0) is 0 Å². The first-order valence-corrected chi connectivity index (χ1v) is 9.43. The van der Waals surface area contributed by atoms with Crippen molar-refractivity contribution in [1.29, 1.82) is 0 Å². The Balaban J connectivity index is 0.00000191. The summed E-state index contributed by atoms with van der Waals surface area (Å²) >= 11 is 4.13. The van der Waals surface area contributed by atoms with Crippen LogP contribution in [0.3, 0.4) is 0 Å². The van der Waals surface area contributed by atoms with E-state index in [2.05, 4.69) is 66.9 Å². The Morgan fingerprint density at radius 3 is 1.71 bits per heavy atom. The van der Waals surface area contributed by atoms with Gasteiger partial charge in [0.25, 0.3) is 10.9 Å². The summed E-state index contributed by atoms with van der Waals surface area (Å²) < 4.78 is 3.53. The topological polar surface area (TPSA) is 40.6 Å². The molecule has 21 heavy (non-hydrogen) atoms. The second kappa shape index (κ2) is 7.90. The van der Waals surface area contributed by atoms with Gasteiger partial charge in [0.15, 0.2) is 0 Å². The second-order valence-corrected chi connectivity index (χ2v) is 9.32. The van der Waals surface area contributed by atoms with Crippen molar-refractivity contribution in [3.63, 3.8) is 0 Å². The lowest BCUT2D eigenvalue weighted by Crippen LogP contribution is -2.53. The summed E-state index contributed by atoms with van der Waals surface area (Å²) in [5.74, 6) is 0. The van der Waals surface area contributed by atoms with Gasteiger partial charge in [-0.15, -0.1) is 0 Å². The van der Waals surface area contributed by atoms with Crippen molar-refractivity contribution in [1.82, 2.24) is 0 Å². The van der Waals surface area contributed by atoms with E-state index in [-0.39, 0.29) is 11.0 Å². The zero-order valence-corrected chi connectivity index (χ0v) is 19.2. The summed E-state index contributed by atoms with van der Waals surface area (Å²) in [5.41, 5.74) is -0.0649. The van der Waals surface area contributed by atoms with E-state index in [1.165, 1.54) is 0 Å². The van der Waals surface area contributed by atoms with Crippen LogP contribution in [0.25, 0.3) is 0 Å². The van der Waals surface area contributed by atoms with E-state index in [4.69, 9.17) is 0 Å². The standard InChI is InChI=1S/C12H19I2N2O2P.C2H6/c1-6-11(2,3)12(4,5)15(13)7-8(16(14)19)10(18)9(7)17;1-2/h6,19H2,1-5H3;1-2H3. The Morgan fingerprint density at radius 2 is 1.38 bits per heavy atom. The molecule has 1 unspecified atom stereocenters. The van der Waals surface area contributed by atoms with Crippen molar-refractivity contribution in [2.45, 2.75) is 60.4 Å². The Labute approximate surface area is 158 Å². The van der Waals surface area contributed by atoms with Gasteiger partial charge >= 0.3 is 0 Å². The third-order valence-corrected chi connectivity index (χ3v) is 6.73. The Hall–Kier alpha value is 0.570.